The summed E-state index contributed by atoms with van der Waals surface area (Å²) >= 11 is 0. The Labute approximate surface area is 131 Å². The molecule has 0 N–H and O–H groups in total. The van der Waals surface area contributed by atoms with Crippen LogP contribution in [0.1, 0.15) is 31.7 Å². The average Bonchev–Trinajstić information content (AvgIpc) is 2.89. The van der Waals surface area contributed by atoms with Crippen molar-refractivity contribution in [2.24, 2.45) is 0 Å². The number of likely N-dealkylation sites (tertiary alicyclic amines) is 1. The number of unbranched alkanes of at least 4 members (excludes halogenated alkanes) is 1. The second-order valence-electron chi connectivity index (χ2n) is 5.53. The lowest BCUT2D eigenvalue weighted by Crippen LogP contribution is -2.36. The third-order valence-electron chi connectivity index (χ3n) is 3.79. The predicted octanol–water partition coefficient (Wildman–Crippen LogP) is 2.18. The van der Waals surface area contributed by atoms with Crippen molar-refractivity contribution in [3.63, 3.8) is 0 Å². The first-order chi connectivity index (χ1) is 10.6. The fourth-order valence-corrected chi connectivity index (χ4v) is 2.54. The van der Waals surface area contributed by atoms with Gasteiger partial charge >= 0.3 is 5.97 Å². The smallest absolute Gasteiger partial charge is 0.323 e. The van der Waals surface area contributed by atoms with E-state index < -0.39 is 6.04 Å². The minimum atomic E-state index is -0.460. The molecule has 1 heterocycles. The Kier molecular flexibility index (Phi) is 5.95. The first-order valence-corrected chi connectivity index (χ1v) is 7.69. The van der Waals surface area contributed by atoms with Crippen LogP contribution in [-0.2, 0) is 20.9 Å². The fourth-order valence-electron chi connectivity index (χ4n) is 2.54. The molecule has 0 aromatic heterocycles. The Morgan fingerprint density at radius 3 is 2.68 bits per heavy atom. The van der Waals surface area contributed by atoms with E-state index in [9.17, 15) is 9.59 Å². The summed E-state index contributed by atoms with van der Waals surface area (Å²) in [5, 5.41) is 0. The highest BCUT2D eigenvalue weighted by atomic mass is 16.5. The van der Waals surface area contributed by atoms with Crippen LogP contribution in [0.15, 0.2) is 24.3 Å². The van der Waals surface area contributed by atoms with Crippen LogP contribution < -0.4 is 4.74 Å². The van der Waals surface area contributed by atoms with E-state index in [1.807, 2.05) is 29.2 Å². The maximum atomic E-state index is 11.7. The van der Waals surface area contributed by atoms with Gasteiger partial charge in [0.05, 0.1) is 20.3 Å². The van der Waals surface area contributed by atoms with Crippen LogP contribution >= 0.6 is 0 Å². The first-order valence-electron chi connectivity index (χ1n) is 7.69. The third-order valence-corrected chi connectivity index (χ3v) is 3.79. The Morgan fingerprint density at radius 2 is 2.05 bits per heavy atom. The molecule has 1 aromatic rings. The van der Waals surface area contributed by atoms with Crippen LogP contribution in [0.2, 0.25) is 0 Å². The molecule has 5 nitrogen and oxygen atoms in total. The number of benzene rings is 1. The maximum absolute atomic E-state index is 11.7. The first kappa shape index (κ1) is 16.5. The van der Waals surface area contributed by atoms with Gasteiger partial charge in [0.25, 0.3) is 0 Å². The number of esters is 1. The molecule has 0 saturated carbocycles. The minimum Gasteiger partial charge on any atom is -0.494 e. The summed E-state index contributed by atoms with van der Waals surface area (Å²) in [6.07, 6.45) is 2.39. The molecule has 1 saturated heterocycles. The Morgan fingerprint density at radius 1 is 1.32 bits per heavy atom. The van der Waals surface area contributed by atoms with Crippen molar-refractivity contribution in [1.82, 2.24) is 4.90 Å². The predicted molar refractivity (Wildman–Crippen MR) is 82.7 cm³/mol. The second kappa shape index (κ2) is 7.94. The molecule has 0 aliphatic carbocycles. The van der Waals surface area contributed by atoms with E-state index in [0.717, 1.165) is 30.8 Å². The minimum absolute atomic E-state index is 0.0786. The number of rotatable bonds is 7. The zero-order chi connectivity index (χ0) is 15.9. The van der Waals surface area contributed by atoms with Crippen LogP contribution in [0.4, 0.5) is 0 Å². The number of carbonyl (C=O) groups excluding carboxylic acids is 2. The molecule has 0 bridgehead atoms. The zero-order valence-corrected chi connectivity index (χ0v) is 13.2. The highest BCUT2D eigenvalue weighted by molar-refractivity contribution is 5.91. The summed E-state index contributed by atoms with van der Waals surface area (Å²) in [6, 6.07) is 7.33. The van der Waals surface area contributed by atoms with Crippen molar-refractivity contribution in [3.8, 4) is 5.75 Å². The van der Waals surface area contributed by atoms with E-state index in [-0.39, 0.29) is 18.2 Å². The molecule has 1 aromatic carbocycles. The number of Topliss-reactive ketones (excluding diaryl/α,β-unsaturated/α-hetero) is 1. The monoisotopic (exact) mass is 305 g/mol. The van der Waals surface area contributed by atoms with E-state index in [0.29, 0.717) is 13.1 Å². The van der Waals surface area contributed by atoms with Gasteiger partial charge in [-0.05, 0) is 24.1 Å². The molecular weight excluding hydrogens is 282 g/mol. The van der Waals surface area contributed by atoms with Gasteiger partial charge in [-0.25, -0.2) is 0 Å². The molecular formula is C17H23NO4. The van der Waals surface area contributed by atoms with Gasteiger partial charge in [0.1, 0.15) is 17.6 Å². The number of carbonyl (C=O) groups is 2. The fraction of sp³-hybridized carbons (Fsp3) is 0.529. The number of hydrogen-bond acceptors (Lipinski definition) is 5. The van der Waals surface area contributed by atoms with E-state index in [1.54, 1.807) is 0 Å². The van der Waals surface area contributed by atoms with Crippen molar-refractivity contribution < 1.29 is 19.1 Å². The number of ketones is 1. The summed E-state index contributed by atoms with van der Waals surface area (Å²) in [6.45, 7) is 3.71. The Balaban J connectivity index is 1.94. The van der Waals surface area contributed by atoms with Crippen LogP contribution in [0, 0.1) is 0 Å². The number of nitrogens with zero attached hydrogens (tertiary/aromatic N) is 1. The second-order valence-corrected chi connectivity index (χ2v) is 5.53. The van der Waals surface area contributed by atoms with Crippen molar-refractivity contribution in [3.05, 3.63) is 29.8 Å². The molecule has 0 amide bonds. The van der Waals surface area contributed by atoms with Gasteiger partial charge in [-0.15, -0.1) is 0 Å². The highest BCUT2D eigenvalue weighted by Gasteiger charge is 2.36. The maximum Gasteiger partial charge on any atom is 0.323 e. The van der Waals surface area contributed by atoms with E-state index in [4.69, 9.17) is 9.47 Å². The Bertz CT molecular complexity index is 512. The van der Waals surface area contributed by atoms with Gasteiger partial charge in [-0.2, -0.15) is 0 Å². The van der Waals surface area contributed by atoms with E-state index in [2.05, 4.69) is 6.92 Å². The number of hydrogen-bond donors (Lipinski definition) is 0. The zero-order valence-electron chi connectivity index (χ0n) is 13.2. The molecule has 0 radical (unpaired) electrons. The summed E-state index contributed by atoms with van der Waals surface area (Å²) < 4.78 is 10.4. The molecule has 1 atom stereocenters. The molecule has 1 fully saturated rings. The molecule has 1 aliphatic heterocycles. The topological polar surface area (TPSA) is 55.8 Å². The van der Waals surface area contributed by atoms with Gasteiger partial charge in [0.2, 0.25) is 0 Å². The standard InChI is InChI=1S/C17H23NO4/c1-3-4-9-22-15-7-5-13(6-8-15)11-18-12-14(19)10-16(18)17(20)21-2/h5-8,16H,3-4,9-12H2,1-2H3/t16-/m1/s1. The number of ether oxygens (including phenoxy) is 2. The van der Waals surface area contributed by atoms with Crippen LogP contribution in [0.25, 0.3) is 0 Å². The SMILES string of the molecule is CCCCOc1ccc(CN2CC(=O)C[C@@H]2C(=O)OC)cc1. The lowest BCUT2D eigenvalue weighted by Gasteiger charge is -2.21. The van der Waals surface area contributed by atoms with Crippen molar-refractivity contribution in [2.75, 3.05) is 20.3 Å². The summed E-state index contributed by atoms with van der Waals surface area (Å²) in [5.41, 5.74) is 1.05. The summed E-state index contributed by atoms with van der Waals surface area (Å²) in [4.78, 5) is 25.2. The molecule has 0 spiro atoms. The van der Waals surface area contributed by atoms with E-state index in [1.165, 1.54) is 7.11 Å². The quantitative estimate of drug-likeness (QED) is 0.571. The van der Waals surface area contributed by atoms with Crippen LogP contribution in [-0.4, -0.2) is 43.0 Å². The van der Waals surface area contributed by atoms with Gasteiger partial charge in [0.15, 0.2) is 0 Å². The van der Waals surface area contributed by atoms with Crippen LogP contribution in [0.5, 0.6) is 5.75 Å². The van der Waals surface area contributed by atoms with Gasteiger partial charge < -0.3 is 9.47 Å². The van der Waals surface area contributed by atoms with Crippen molar-refractivity contribution in [2.45, 2.75) is 38.8 Å². The molecule has 0 unspecified atom stereocenters. The summed E-state index contributed by atoms with van der Waals surface area (Å²) in [5.74, 6) is 0.583. The van der Waals surface area contributed by atoms with Crippen molar-refractivity contribution >= 4 is 11.8 Å². The Hall–Kier alpha value is -1.88. The molecule has 120 valence electrons. The van der Waals surface area contributed by atoms with Crippen LogP contribution in [0.3, 0.4) is 0 Å². The molecule has 22 heavy (non-hydrogen) atoms. The normalized spacial score (nSPS) is 18.5. The average molecular weight is 305 g/mol. The molecule has 5 heteroatoms. The van der Waals surface area contributed by atoms with E-state index >= 15 is 0 Å². The van der Waals surface area contributed by atoms with Gasteiger partial charge in [-0.3, -0.25) is 14.5 Å². The third kappa shape index (κ3) is 4.31. The molecule has 2 rings (SSSR count). The lowest BCUT2D eigenvalue weighted by atomic mass is 10.1. The lowest BCUT2D eigenvalue weighted by molar-refractivity contribution is -0.146. The molecule has 1 aliphatic rings. The van der Waals surface area contributed by atoms with Gasteiger partial charge in [0, 0.05) is 13.0 Å². The van der Waals surface area contributed by atoms with Crippen molar-refractivity contribution in [1.29, 1.82) is 0 Å². The van der Waals surface area contributed by atoms with Gasteiger partial charge in [-0.1, -0.05) is 25.5 Å². The largest absolute Gasteiger partial charge is 0.494 e. The highest BCUT2D eigenvalue weighted by Crippen LogP contribution is 2.20. The number of methoxy groups -OCH3 is 1. The summed E-state index contributed by atoms with van der Waals surface area (Å²) in [7, 11) is 1.35.